The molecular weight excluding hydrogens is 380 g/mol. The molecule has 0 atom stereocenters. The number of benzene rings is 2. The van der Waals surface area contributed by atoms with E-state index in [9.17, 15) is 9.59 Å². The fourth-order valence-electron chi connectivity index (χ4n) is 2.78. The highest BCUT2D eigenvalue weighted by Crippen LogP contribution is 2.28. The molecule has 0 aliphatic heterocycles. The zero-order chi connectivity index (χ0) is 21.9. The highest BCUT2D eigenvalue weighted by atomic mass is 16.5. The fourth-order valence-corrected chi connectivity index (χ4v) is 2.78. The molecule has 0 fully saturated rings. The first-order valence-corrected chi connectivity index (χ1v) is 9.71. The van der Waals surface area contributed by atoms with Gasteiger partial charge in [0, 0.05) is 18.8 Å². The van der Waals surface area contributed by atoms with Crippen LogP contribution in [-0.2, 0) is 16.0 Å². The molecule has 30 heavy (non-hydrogen) atoms. The van der Waals surface area contributed by atoms with Crippen LogP contribution < -0.4 is 14.8 Å². The van der Waals surface area contributed by atoms with Gasteiger partial charge in [-0.25, -0.2) is 0 Å². The van der Waals surface area contributed by atoms with Crippen molar-refractivity contribution >= 4 is 23.6 Å². The highest BCUT2D eigenvalue weighted by molar-refractivity contribution is 5.98. The standard InChI is InChI=1S/C24H28N2O4/c1-5-15-30-21-13-11-18(16-22(21)29-4)12-14-24(28)26(3)17-23(27)25-20-10-8-7-9-19(20)6-2/h5,7-14,16H,1,6,15,17H2,2-4H3,(H,25,27)/b14-12+. The molecule has 0 radical (unpaired) electrons. The Morgan fingerprint density at radius 1 is 1.17 bits per heavy atom. The van der Waals surface area contributed by atoms with E-state index < -0.39 is 0 Å². The number of aryl methyl sites for hydroxylation is 1. The summed E-state index contributed by atoms with van der Waals surface area (Å²) in [5, 5.41) is 2.86. The molecule has 0 aliphatic carbocycles. The number of carbonyl (C=O) groups excluding carboxylic acids is 2. The van der Waals surface area contributed by atoms with Gasteiger partial charge in [0.2, 0.25) is 11.8 Å². The average molecular weight is 408 g/mol. The number of hydrogen-bond acceptors (Lipinski definition) is 4. The Bertz CT molecular complexity index is 921. The second kappa shape index (κ2) is 11.5. The summed E-state index contributed by atoms with van der Waals surface area (Å²) in [5.41, 5.74) is 2.60. The molecule has 158 valence electrons. The maximum Gasteiger partial charge on any atom is 0.246 e. The topological polar surface area (TPSA) is 67.9 Å². The Morgan fingerprint density at radius 3 is 2.63 bits per heavy atom. The number of nitrogens with zero attached hydrogens (tertiary/aromatic N) is 1. The first kappa shape index (κ1) is 22.7. The van der Waals surface area contributed by atoms with Crippen LogP contribution in [0.2, 0.25) is 0 Å². The van der Waals surface area contributed by atoms with E-state index in [2.05, 4.69) is 11.9 Å². The number of nitrogens with one attached hydrogen (secondary N) is 1. The molecule has 0 bridgehead atoms. The van der Waals surface area contributed by atoms with E-state index in [4.69, 9.17) is 9.47 Å². The number of methoxy groups -OCH3 is 1. The maximum absolute atomic E-state index is 12.4. The summed E-state index contributed by atoms with van der Waals surface area (Å²) in [6, 6.07) is 13.0. The van der Waals surface area contributed by atoms with Crippen LogP contribution in [0.4, 0.5) is 5.69 Å². The molecule has 1 N–H and O–H groups in total. The zero-order valence-corrected chi connectivity index (χ0v) is 17.7. The van der Waals surface area contributed by atoms with Crippen LogP contribution in [0, 0.1) is 0 Å². The lowest BCUT2D eigenvalue weighted by Gasteiger charge is -2.16. The van der Waals surface area contributed by atoms with Crippen molar-refractivity contribution in [1.29, 1.82) is 0 Å². The molecule has 0 aromatic heterocycles. The maximum atomic E-state index is 12.4. The van der Waals surface area contributed by atoms with Crippen molar-refractivity contribution in [3.8, 4) is 11.5 Å². The van der Waals surface area contributed by atoms with Gasteiger partial charge in [-0.3, -0.25) is 9.59 Å². The summed E-state index contributed by atoms with van der Waals surface area (Å²) in [5.74, 6) is 0.640. The number of anilines is 1. The van der Waals surface area contributed by atoms with Crippen LogP contribution in [0.5, 0.6) is 11.5 Å². The lowest BCUT2D eigenvalue weighted by molar-refractivity contribution is -0.129. The van der Waals surface area contributed by atoms with Gasteiger partial charge in [-0.1, -0.05) is 43.8 Å². The third-order valence-electron chi connectivity index (χ3n) is 4.39. The molecule has 0 unspecified atom stereocenters. The predicted molar refractivity (Wildman–Crippen MR) is 120 cm³/mol. The van der Waals surface area contributed by atoms with E-state index in [1.807, 2.05) is 37.3 Å². The van der Waals surface area contributed by atoms with Crippen molar-refractivity contribution in [3.05, 3.63) is 72.3 Å². The Labute approximate surface area is 177 Å². The number of likely N-dealkylation sites (N-methyl/N-ethyl adjacent to an activating group) is 1. The van der Waals surface area contributed by atoms with Crippen molar-refractivity contribution in [2.24, 2.45) is 0 Å². The highest BCUT2D eigenvalue weighted by Gasteiger charge is 2.12. The van der Waals surface area contributed by atoms with Crippen molar-refractivity contribution in [1.82, 2.24) is 4.90 Å². The molecule has 2 amide bonds. The second-order valence-corrected chi connectivity index (χ2v) is 6.60. The van der Waals surface area contributed by atoms with Gasteiger partial charge in [0.1, 0.15) is 6.61 Å². The predicted octanol–water partition coefficient (Wildman–Crippen LogP) is 3.93. The minimum absolute atomic E-state index is 0.0428. The quantitative estimate of drug-likeness (QED) is 0.478. The lowest BCUT2D eigenvalue weighted by atomic mass is 10.1. The Balaban J connectivity index is 1.97. The summed E-state index contributed by atoms with van der Waals surface area (Å²) in [6.45, 7) is 5.98. The third kappa shape index (κ3) is 6.51. The van der Waals surface area contributed by atoms with Gasteiger partial charge in [0.05, 0.1) is 13.7 Å². The first-order valence-electron chi connectivity index (χ1n) is 9.71. The molecule has 6 nitrogen and oxygen atoms in total. The second-order valence-electron chi connectivity index (χ2n) is 6.60. The average Bonchev–Trinajstić information content (AvgIpc) is 2.76. The number of ether oxygens (including phenoxy) is 2. The van der Waals surface area contributed by atoms with Gasteiger partial charge < -0.3 is 19.7 Å². The van der Waals surface area contributed by atoms with E-state index in [0.29, 0.717) is 18.1 Å². The molecular formula is C24H28N2O4. The molecule has 0 heterocycles. The van der Waals surface area contributed by atoms with Crippen LogP contribution in [0.25, 0.3) is 6.08 Å². The van der Waals surface area contributed by atoms with Crippen LogP contribution in [0.3, 0.4) is 0 Å². The number of hydrogen-bond donors (Lipinski definition) is 1. The molecule has 0 saturated heterocycles. The number of para-hydroxylation sites is 1. The van der Waals surface area contributed by atoms with Gasteiger partial charge >= 0.3 is 0 Å². The Hall–Kier alpha value is -3.54. The normalized spacial score (nSPS) is 10.5. The Kier molecular flexibility index (Phi) is 8.69. The minimum Gasteiger partial charge on any atom is -0.493 e. The molecule has 2 rings (SSSR count). The molecule has 6 heteroatoms. The largest absolute Gasteiger partial charge is 0.493 e. The van der Waals surface area contributed by atoms with Crippen molar-refractivity contribution in [2.75, 3.05) is 32.6 Å². The van der Waals surface area contributed by atoms with Crippen LogP contribution >= 0.6 is 0 Å². The Morgan fingerprint density at radius 2 is 1.93 bits per heavy atom. The van der Waals surface area contributed by atoms with E-state index in [0.717, 1.165) is 23.2 Å². The van der Waals surface area contributed by atoms with E-state index in [1.165, 1.54) is 11.0 Å². The van der Waals surface area contributed by atoms with E-state index in [1.54, 1.807) is 38.4 Å². The van der Waals surface area contributed by atoms with Crippen LogP contribution in [-0.4, -0.2) is 44.0 Å². The van der Waals surface area contributed by atoms with Gasteiger partial charge in [-0.05, 0) is 41.8 Å². The number of carbonyl (C=O) groups is 2. The number of amides is 2. The molecule has 2 aromatic carbocycles. The van der Waals surface area contributed by atoms with Gasteiger partial charge in [0.25, 0.3) is 0 Å². The van der Waals surface area contributed by atoms with Crippen molar-refractivity contribution in [3.63, 3.8) is 0 Å². The van der Waals surface area contributed by atoms with Gasteiger partial charge in [-0.15, -0.1) is 0 Å². The third-order valence-corrected chi connectivity index (χ3v) is 4.39. The summed E-state index contributed by atoms with van der Waals surface area (Å²) < 4.78 is 10.8. The summed E-state index contributed by atoms with van der Waals surface area (Å²) >= 11 is 0. The molecule has 0 saturated carbocycles. The summed E-state index contributed by atoms with van der Waals surface area (Å²) in [7, 11) is 3.14. The summed E-state index contributed by atoms with van der Waals surface area (Å²) in [6.07, 6.45) is 5.56. The van der Waals surface area contributed by atoms with Gasteiger partial charge in [0.15, 0.2) is 11.5 Å². The molecule has 0 spiro atoms. The van der Waals surface area contributed by atoms with Crippen molar-refractivity contribution in [2.45, 2.75) is 13.3 Å². The number of rotatable bonds is 10. The SMILES string of the molecule is C=CCOc1ccc(/C=C/C(=O)N(C)CC(=O)Nc2ccccc2CC)cc1OC. The fraction of sp³-hybridized carbons (Fsp3) is 0.250. The van der Waals surface area contributed by atoms with Crippen LogP contribution in [0.15, 0.2) is 61.2 Å². The first-order chi connectivity index (χ1) is 14.5. The van der Waals surface area contributed by atoms with E-state index >= 15 is 0 Å². The van der Waals surface area contributed by atoms with Crippen molar-refractivity contribution < 1.29 is 19.1 Å². The lowest BCUT2D eigenvalue weighted by Crippen LogP contribution is -2.34. The van der Waals surface area contributed by atoms with E-state index in [-0.39, 0.29) is 18.4 Å². The zero-order valence-electron chi connectivity index (χ0n) is 17.7. The van der Waals surface area contributed by atoms with Crippen LogP contribution in [0.1, 0.15) is 18.1 Å². The molecule has 2 aromatic rings. The monoisotopic (exact) mass is 408 g/mol. The summed E-state index contributed by atoms with van der Waals surface area (Å²) in [4.78, 5) is 26.1. The van der Waals surface area contributed by atoms with Gasteiger partial charge in [-0.2, -0.15) is 0 Å². The molecule has 0 aliphatic rings. The minimum atomic E-state index is -0.278. The smallest absolute Gasteiger partial charge is 0.246 e.